The smallest absolute Gasteiger partial charge is 0.167 e. The van der Waals surface area contributed by atoms with Crippen LogP contribution in [0.5, 0.6) is 11.5 Å². The third kappa shape index (κ3) is 5.37. The minimum Gasteiger partial charge on any atom is -0.491 e. The second kappa shape index (κ2) is 7.87. The number of nitrogens with two attached hydrogens (primary N) is 1. The minimum absolute atomic E-state index is 0.0875. The first kappa shape index (κ1) is 15.6. The van der Waals surface area contributed by atoms with Crippen LogP contribution in [0.25, 0.3) is 0 Å². The Kier molecular flexibility index (Phi) is 6.46. The molecule has 108 valence electrons. The Bertz CT molecular complexity index is 394. The van der Waals surface area contributed by atoms with E-state index in [-0.39, 0.29) is 11.9 Å². The van der Waals surface area contributed by atoms with Crippen molar-refractivity contribution >= 4 is 5.69 Å². The van der Waals surface area contributed by atoms with Gasteiger partial charge < -0.3 is 15.2 Å². The quantitative estimate of drug-likeness (QED) is 0.569. The summed E-state index contributed by atoms with van der Waals surface area (Å²) in [7, 11) is 0. The minimum atomic E-state index is -0.454. The van der Waals surface area contributed by atoms with Crippen LogP contribution >= 0.6 is 0 Å². The van der Waals surface area contributed by atoms with Crippen molar-refractivity contribution in [2.45, 2.75) is 52.6 Å². The molecule has 2 N–H and O–H groups in total. The van der Waals surface area contributed by atoms with Gasteiger partial charge >= 0.3 is 0 Å². The zero-order chi connectivity index (χ0) is 14.3. The maximum atomic E-state index is 13.6. The molecule has 1 aromatic carbocycles. The maximum Gasteiger partial charge on any atom is 0.167 e. The molecular weight excluding hydrogens is 245 g/mol. The van der Waals surface area contributed by atoms with Gasteiger partial charge in [-0.15, -0.1) is 0 Å². The average molecular weight is 269 g/mol. The van der Waals surface area contributed by atoms with Gasteiger partial charge in [-0.25, -0.2) is 4.39 Å². The monoisotopic (exact) mass is 269 g/mol. The van der Waals surface area contributed by atoms with Crippen LogP contribution in [0.1, 0.15) is 46.5 Å². The number of rotatable bonds is 8. The van der Waals surface area contributed by atoms with Gasteiger partial charge in [0, 0.05) is 12.1 Å². The zero-order valence-electron chi connectivity index (χ0n) is 12.0. The summed E-state index contributed by atoms with van der Waals surface area (Å²) in [4.78, 5) is 0. The Morgan fingerprint density at radius 3 is 2.53 bits per heavy atom. The van der Waals surface area contributed by atoms with E-state index in [1.54, 1.807) is 0 Å². The number of hydrogen-bond acceptors (Lipinski definition) is 3. The van der Waals surface area contributed by atoms with E-state index in [4.69, 9.17) is 15.2 Å². The van der Waals surface area contributed by atoms with Crippen LogP contribution in [-0.4, -0.2) is 12.7 Å². The van der Waals surface area contributed by atoms with Crippen LogP contribution in [0.15, 0.2) is 12.1 Å². The van der Waals surface area contributed by atoms with Crippen LogP contribution in [-0.2, 0) is 0 Å². The molecule has 0 aliphatic rings. The van der Waals surface area contributed by atoms with Crippen molar-refractivity contribution in [2.75, 3.05) is 12.3 Å². The summed E-state index contributed by atoms with van der Waals surface area (Å²) in [5.41, 5.74) is 6.05. The van der Waals surface area contributed by atoms with Crippen LogP contribution in [0, 0.1) is 5.82 Å². The lowest BCUT2D eigenvalue weighted by atomic mass is 10.2. The van der Waals surface area contributed by atoms with Crippen LogP contribution in [0.4, 0.5) is 10.1 Å². The van der Waals surface area contributed by atoms with Crippen molar-refractivity contribution in [1.82, 2.24) is 0 Å². The van der Waals surface area contributed by atoms with E-state index >= 15 is 0 Å². The van der Waals surface area contributed by atoms with E-state index in [0.717, 1.165) is 12.8 Å². The first-order valence-corrected chi connectivity index (χ1v) is 6.93. The summed E-state index contributed by atoms with van der Waals surface area (Å²) in [6, 6.07) is 2.78. The number of ether oxygens (including phenoxy) is 2. The van der Waals surface area contributed by atoms with E-state index in [0.29, 0.717) is 18.0 Å². The molecule has 0 atom stereocenters. The SMILES string of the molecule is CCCCCCOc1cc(OC(C)C)c(F)cc1N. The van der Waals surface area contributed by atoms with Crippen molar-refractivity contribution in [3.8, 4) is 11.5 Å². The van der Waals surface area contributed by atoms with Crippen LogP contribution in [0.2, 0.25) is 0 Å². The molecule has 19 heavy (non-hydrogen) atoms. The highest BCUT2D eigenvalue weighted by Crippen LogP contribution is 2.30. The first-order chi connectivity index (χ1) is 9.04. The second-order valence-electron chi connectivity index (χ2n) is 4.90. The van der Waals surface area contributed by atoms with Gasteiger partial charge in [-0.1, -0.05) is 26.2 Å². The number of unbranched alkanes of at least 4 members (excludes halogenated alkanes) is 3. The molecule has 0 bridgehead atoms. The number of halogens is 1. The summed E-state index contributed by atoms with van der Waals surface area (Å²) in [6.45, 7) is 6.45. The molecule has 4 heteroatoms. The van der Waals surface area contributed by atoms with Gasteiger partial charge in [0.2, 0.25) is 0 Å². The van der Waals surface area contributed by atoms with E-state index in [9.17, 15) is 4.39 Å². The largest absolute Gasteiger partial charge is 0.491 e. The van der Waals surface area contributed by atoms with Crippen molar-refractivity contribution in [2.24, 2.45) is 0 Å². The highest BCUT2D eigenvalue weighted by molar-refractivity contribution is 5.56. The second-order valence-corrected chi connectivity index (χ2v) is 4.90. The molecule has 0 aliphatic carbocycles. The van der Waals surface area contributed by atoms with Crippen molar-refractivity contribution in [3.05, 3.63) is 17.9 Å². The van der Waals surface area contributed by atoms with Crippen LogP contribution in [0.3, 0.4) is 0 Å². The molecule has 0 unspecified atom stereocenters. The fourth-order valence-corrected chi connectivity index (χ4v) is 1.73. The molecule has 1 rings (SSSR count). The van der Waals surface area contributed by atoms with Gasteiger partial charge in [0.15, 0.2) is 11.6 Å². The van der Waals surface area contributed by atoms with Crippen molar-refractivity contribution in [1.29, 1.82) is 0 Å². The Morgan fingerprint density at radius 1 is 1.16 bits per heavy atom. The van der Waals surface area contributed by atoms with Crippen LogP contribution < -0.4 is 15.2 Å². The highest BCUT2D eigenvalue weighted by atomic mass is 19.1. The summed E-state index contributed by atoms with van der Waals surface area (Å²) in [5, 5.41) is 0. The summed E-state index contributed by atoms with van der Waals surface area (Å²) >= 11 is 0. The van der Waals surface area contributed by atoms with Gasteiger partial charge in [-0.05, 0) is 20.3 Å². The number of nitrogen functional groups attached to an aromatic ring is 1. The molecule has 0 heterocycles. The Labute approximate surface area is 114 Å². The lowest BCUT2D eigenvalue weighted by Crippen LogP contribution is -2.08. The molecule has 0 radical (unpaired) electrons. The lowest BCUT2D eigenvalue weighted by molar-refractivity contribution is 0.228. The first-order valence-electron chi connectivity index (χ1n) is 6.93. The molecule has 0 aliphatic heterocycles. The Hall–Kier alpha value is -1.45. The topological polar surface area (TPSA) is 44.5 Å². The fourth-order valence-electron chi connectivity index (χ4n) is 1.73. The average Bonchev–Trinajstić information content (AvgIpc) is 2.33. The van der Waals surface area contributed by atoms with Gasteiger partial charge in [0.25, 0.3) is 0 Å². The summed E-state index contributed by atoms with van der Waals surface area (Å²) < 4.78 is 24.6. The normalized spacial score (nSPS) is 10.8. The van der Waals surface area contributed by atoms with Gasteiger partial charge in [0.1, 0.15) is 5.75 Å². The molecule has 0 saturated carbocycles. The Balaban J connectivity index is 2.61. The number of benzene rings is 1. The van der Waals surface area contributed by atoms with E-state index < -0.39 is 5.82 Å². The van der Waals surface area contributed by atoms with Crippen molar-refractivity contribution < 1.29 is 13.9 Å². The molecule has 3 nitrogen and oxygen atoms in total. The lowest BCUT2D eigenvalue weighted by Gasteiger charge is -2.14. The van der Waals surface area contributed by atoms with E-state index in [2.05, 4.69) is 6.92 Å². The molecule has 0 spiro atoms. The molecule has 1 aromatic rings. The summed E-state index contributed by atoms with van der Waals surface area (Å²) in [6.07, 6.45) is 4.41. The number of anilines is 1. The molecular formula is C15H24FNO2. The molecule has 0 fully saturated rings. The molecule has 0 amide bonds. The number of hydrogen-bond donors (Lipinski definition) is 1. The zero-order valence-corrected chi connectivity index (χ0v) is 12.0. The predicted octanol–water partition coefficient (Wildman–Crippen LogP) is 4.15. The third-order valence-electron chi connectivity index (χ3n) is 2.68. The Morgan fingerprint density at radius 2 is 1.89 bits per heavy atom. The maximum absolute atomic E-state index is 13.6. The highest BCUT2D eigenvalue weighted by Gasteiger charge is 2.11. The van der Waals surface area contributed by atoms with E-state index in [1.807, 2.05) is 13.8 Å². The van der Waals surface area contributed by atoms with Crippen molar-refractivity contribution in [3.63, 3.8) is 0 Å². The standard InChI is InChI=1S/C15H24FNO2/c1-4-5-6-7-8-18-15-10-14(19-11(2)3)12(16)9-13(15)17/h9-11H,4-8,17H2,1-3H3. The van der Waals surface area contributed by atoms with Gasteiger partial charge in [-0.2, -0.15) is 0 Å². The molecule has 0 aromatic heterocycles. The fraction of sp³-hybridized carbons (Fsp3) is 0.600. The predicted molar refractivity (Wildman–Crippen MR) is 76.2 cm³/mol. The van der Waals surface area contributed by atoms with Gasteiger partial charge in [-0.3, -0.25) is 0 Å². The summed E-state index contributed by atoms with van der Waals surface area (Å²) in [5.74, 6) is 0.228. The van der Waals surface area contributed by atoms with Gasteiger partial charge in [0.05, 0.1) is 18.4 Å². The molecule has 0 saturated heterocycles. The van der Waals surface area contributed by atoms with E-state index in [1.165, 1.54) is 25.0 Å². The third-order valence-corrected chi connectivity index (χ3v) is 2.68.